The Hall–Kier alpha value is -1.16. The SMILES string of the molecule is Cl.c1cc2c(c(CNC3CCSc4ccccc43)c1)NCC2. The maximum Gasteiger partial charge on any atom is 0.0419 e. The third kappa shape index (κ3) is 2.98. The Bertz CT molecular complexity index is 659. The van der Waals surface area contributed by atoms with Gasteiger partial charge in [0.1, 0.15) is 0 Å². The Balaban J connectivity index is 0.00000144. The standard InChI is InChI=1S/C18H20N2S.ClH/c1-2-7-17-15(6-1)16(9-11-21-17)20-12-14-5-3-4-13-8-10-19-18(13)14;/h1-7,16,19-20H,8-12H2;1H. The van der Waals surface area contributed by atoms with Gasteiger partial charge in [0.15, 0.2) is 0 Å². The van der Waals surface area contributed by atoms with Gasteiger partial charge in [0.2, 0.25) is 0 Å². The van der Waals surface area contributed by atoms with Crippen LogP contribution in [0.1, 0.15) is 29.2 Å². The van der Waals surface area contributed by atoms with E-state index < -0.39 is 0 Å². The van der Waals surface area contributed by atoms with Crippen LogP contribution in [-0.4, -0.2) is 12.3 Å². The zero-order valence-electron chi connectivity index (χ0n) is 12.5. The number of thioether (sulfide) groups is 1. The van der Waals surface area contributed by atoms with E-state index in [1.165, 1.54) is 39.4 Å². The van der Waals surface area contributed by atoms with E-state index in [2.05, 4.69) is 53.1 Å². The minimum Gasteiger partial charge on any atom is -0.384 e. The quantitative estimate of drug-likeness (QED) is 0.871. The molecule has 2 aliphatic heterocycles. The van der Waals surface area contributed by atoms with Crippen molar-refractivity contribution in [2.45, 2.75) is 30.3 Å². The van der Waals surface area contributed by atoms with Crippen LogP contribution < -0.4 is 10.6 Å². The molecular weight excluding hydrogens is 312 g/mol. The molecule has 1 atom stereocenters. The van der Waals surface area contributed by atoms with Crippen LogP contribution in [-0.2, 0) is 13.0 Å². The van der Waals surface area contributed by atoms with Gasteiger partial charge in [0, 0.05) is 29.7 Å². The van der Waals surface area contributed by atoms with E-state index in [1.807, 2.05) is 11.8 Å². The first kappa shape index (κ1) is 15.7. The first-order chi connectivity index (χ1) is 10.4. The number of rotatable bonds is 3. The molecule has 0 aliphatic carbocycles. The van der Waals surface area contributed by atoms with Crippen molar-refractivity contribution in [1.82, 2.24) is 5.32 Å². The molecule has 4 rings (SSSR count). The minimum absolute atomic E-state index is 0. The van der Waals surface area contributed by atoms with Crippen molar-refractivity contribution in [2.75, 3.05) is 17.6 Å². The molecule has 0 saturated carbocycles. The van der Waals surface area contributed by atoms with Crippen LogP contribution >= 0.6 is 24.2 Å². The summed E-state index contributed by atoms with van der Waals surface area (Å²) >= 11 is 1.98. The first-order valence-electron chi connectivity index (χ1n) is 7.71. The molecule has 0 spiro atoms. The second kappa shape index (κ2) is 6.95. The molecule has 2 N–H and O–H groups in total. The zero-order chi connectivity index (χ0) is 14.1. The van der Waals surface area contributed by atoms with Gasteiger partial charge in [-0.1, -0.05) is 36.4 Å². The highest BCUT2D eigenvalue weighted by atomic mass is 35.5. The molecule has 2 aliphatic rings. The highest BCUT2D eigenvalue weighted by Gasteiger charge is 2.20. The van der Waals surface area contributed by atoms with E-state index >= 15 is 0 Å². The van der Waals surface area contributed by atoms with Crippen LogP contribution in [0.4, 0.5) is 5.69 Å². The molecule has 1 unspecified atom stereocenters. The Kier molecular flexibility index (Phi) is 4.97. The number of hydrogen-bond donors (Lipinski definition) is 2. The molecule has 2 aromatic rings. The molecule has 0 amide bonds. The van der Waals surface area contributed by atoms with Crippen molar-refractivity contribution < 1.29 is 0 Å². The Morgan fingerprint density at radius 3 is 3.00 bits per heavy atom. The molecule has 0 saturated heterocycles. The van der Waals surface area contributed by atoms with E-state index in [0.717, 1.165) is 19.5 Å². The maximum absolute atomic E-state index is 3.77. The van der Waals surface area contributed by atoms with Crippen LogP contribution in [0.3, 0.4) is 0 Å². The highest BCUT2D eigenvalue weighted by molar-refractivity contribution is 7.99. The minimum atomic E-state index is 0. The van der Waals surface area contributed by atoms with Crippen molar-refractivity contribution in [2.24, 2.45) is 0 Å². The smallest absolute Gasteiger partial charge is 0.0419 e. The summed E-state index contributed by atoms with van der Waals surface area (Å²) in [5, 5.41) is 7.30. The number of benzene rings is 2. The van der Waals surface area contributed by atoms with Crippen LogP contribution in [0.25, 0.3) is 0 Å². The molecule has 2 nitrogen and oxygen atoms in total. The van der Waals surface area contributed by atoms with Crippen molar-refractivity contribution in [3.63, 3.8) is 0 Å². The van der Waals surface area contributed by atoms with Crippen molar-refractivity contribution in [1.29, 1.82) is 0 Å². The normalized spacial score (nSPS) is 18.8. The molecule has 0 bridgehead atoms. The number of anilines is 1. The van der Waals surface area contributed by atoms with Gasteiger partial charge in [-0.25, -0.2) is 0 Å². The second-order valence-electron chi connectivity index (χ2n) is 5.74. The summed E-state index contributed by atoms with van der Waals surface area (Å²) in [5.41, 5.74) is 5.70. The molecule has 22 heavy (non-hydrogen) atoms. The Morgan fingerprint density at radius 2 is 2.05 bits per heavy atom. The summed E-state index contributed by atoms with van der Waals surface area (Å²) in [6.45, 7) is 2.02. The maximum atomic E-state index is 3.77. The van der Waals surface area contributed by atoms with E-state index in [0.29, 0.717) is 6.04 Å². The van der Waals surface area contributed by atoms with E-state index in [-0.39, 0.29) is 12.4 Å². The molecular formula is C18H21ClN2S. The fourth-order valence-electron chi connectivity index (χ4n) is 3.35. The lowest BCUT2D eigenvalue weighted by molar-refractivity contribution is 0.510. The molecule has 0 fully saturated rings. The van der Waals surface area contributed by atoms with Crippen molar-refractivity contribution >= 4 is 29.9 Å². The molecule has 0 aromatic heterocycles. The van der Waals surface area contributed by atoms with Gasteiger partial charge in [0.05, 0.1) is 0 Å². The fraction of sp³-hybridized carbons (Fsp3) is 0.333. The van der Waals surface area contributed by atoms with Gasteiger partial charge in [-0.2, -0.15) is 0 Å². The number of halogens is 1. The zero-order valence-corrected chi connectivity index (χ0v) is 14.1. The molecule has 116 valence electrons. The lowest BCUT2D eigenvalue weighted by Crippen LogP contribution is -2.24. The van der Waals surface area contributed by atoms with E-state index in [4.69, 9.17) is 0 Å². The van der Waals surface area contributed by atoms with Gasteiger partial charge >= 0.3 is 0 Å². The van der Waals surface area contributed by atoms with Crippen LogP contribution in [0.5, 0.6) is 0 Å². The van der Waals surface area contributed by atoms with E-state index in [1.54, 1.807) is 0 Å². The summed E-state index contributed by atoms with van der Waals surface area (Å²) in [4.78, 5) is 1.44. The van der Waals surface area contributed by atoms with Gasteiger partial charge in [-0.3, -0.25) is 0 Å². The predicted octanol–water partition coefficient (Wildman–Crippen LogP) is 4.40. The summed E-state index contributed by atoms with van der Waals surface area (Å²) in [7, 11) is 0. The van der Waals surface area contributed by atoms with Gasteiger partial charge in [-0.05, 0) is 41.4 Å². The number of para-hydroxylation sites is 1. The topological polar surface area (TPSA) is 24.1 Å². The van der Waals surface area contributed by atoms with Crippen LogP contribution in [0.2, 0.25) is 0 Å². The van der Waals surface area contributed by atoms with Crippen molar-refractivity contribution in [3.05, 3.63) is 59.2 Å². The molecule has 2 heterocycles. The average molecular weight is 333 g/mol. The number of hydrogen-bond acceptors (Lipinski definition) is 3. The third-order valence-corrected chi connectivity index (χ3v) is 5.55. The highest BCUT2D eigenvalue weighted by Crippen LogP contribution is 2.36. The monoisotopic (exact) mass is 332 g/mol. The molecule has 0 radical (unpaired) electrons. The van der Waals surface area contributed by atoms with Gasteiger partial charge in [-0.15, -0.1) is 24.2 Å². The summed E-state index contributed by atoms with van der Waals surface area (Å²) in [6.07, 6.45) is 2.37. The summed E-state index contributed by atoms with van der Waals surface area (Å²) in [5.74, 6) is 1.21. The largest absolute Gasteiger partial charge is 0.384 e. The third-order valence-electron chi connectivity index (χ3n) is 4.43. The number of nitrogens with one attached hydrogen (secondary N) is 2. The lowest BCUT2D eigenvalue weighted by atomic mass is 10.0. The Morgan fingerprint density at radius 1 is 1.14 bits per heavy atom. The Labute approximate surface area is 142 Å². The summed E-state index contributed by atoms with van der Waals surface area (Å²) in [6, 6.07) is 16.0. The lowest BCUT2D eigenvalue weighted by Gasteiger charge is -2.26. The number of fused-ring (bicyclic) bond motifs is 2. The molecule has 2 aromatic carbocycles. The average Bonchev–Trinajstić information content (AvgIpc) is 3.02. The van der Waals surface area contributed by atoms with Crippen LogP contribution in [0, 0.1) is 0 Å². The first-order valence-corrected chi connectivity index (χ1v) is 8.70. The van der Waals surface area contributed by atoms with Crippen molar-refractivity contribution in [3.8, 4) is 0 Å². The predicted molar refractivity (Wildman–Crippen MR) is 97.2 cm³/mol. The fourth-order valence-corrected chi connectivity index (χ4v) is 4.47. The van der Waals surface area contributed by atoms with Gasteiger partial charge in [0.25, 0.3) is 0 Å². The molecule has 4 heteroatoms. The van der Waals surface area contributed by atoms with E-state index in [9.17, 15) is 0 Å². The summed E-state index contributed by atoms with van der Waals surface area (Å²) < 4.78 is 0. The second-order valence-corrected chi connectivity index (χ2v) is 6.87. The van der Waals surface area contributed by atoms with Gasteiger partial charge < -0.3 is 10.6 Å². The van der Waals surface area contributed by atoms with Crippen LogP contribution in [0.15, 0.2) is 47.4 Å².